The van der Waals surface area contributed by atoms with Crippen LogP contribution in [0.2, 0.25) is 0 Å². The van der Waals surface area contributed by atoms with Crippen LogP contribution in [0, 0.1) is 22.7 Å². The van der Waals surface area contributed by atoms with E-state index in [1.165, 1.54) is 0 Å². The van der Waals surface area contributed by atoms with Crippen LogP contribution in [0.15, 0.2) is 252 Å². The van der Waals surface area contributed by atoms with Gasteiger partial charge in [-0.3, -0.25) is 9.98 Å². The van der Waals surface area contributed by atoms with Crippen molar-refractivity contribution in [3.8, 4) is 45.9 Å². The normalized spacial score (nSPS) is 12.6. The number of benzene rings is 10. The van der Waals surface area contributed by atoms with Crippen LogP contribution in [0.4, 0.5) is 11.4 Å². The van der Waals surface area contributed by atoms with Crippen LogP contribution in [0.3, 0.4) is 0 Å². The molecule has 6 nitrogen and oxygen atoms in total. The molecule has 0 saturated carbocycles. The Morgan fingerprint density at radius 2 is 0.653 bits per heavy atom. The number of aromatic hydroxyl groups is 2. The van der Waals surface area contributed by atoms with Crippen molar-refractivity contribution < 1.29 is 10.2 Å². The van der Waals surface area contributed by atoms with Crippen molar-refractivity contribution in [3.63, 3.8) is 0 Å². The molecule has 1 aliphatic carbocycles. The van der Waals surface area contributed by atoms with Gasteiger partial charge in [0.15, 0.2) is 0 Å². The molecule has 0 heterocycles. The number of allylic oxidation sites excluding steroid dienone is 6. The van der Waals surface area contributed by atoms with E-state index < -0.39 is 0 Å². The number of hydrogen-bond acceptors (Lipinski definition) is 6. The first-order valence-corrected chi connectivity index (χ1v) is 23.5. The van der Waals surface area contributed by atoms with Crippen LogP contribution in [-0.2, 0) is 0 Å². The molecular weight excluding hydrogens is 881 g/mol. The van der Waals surface area contributed by atoms with Crippen molar-refractivity contribution >= 4 is 67.6 Å². The van der Waals surface area contributed by atoms with Gasteiger partial charge in [-0.2, -0.15) is 10.5 Å². The van der Waals surface area contributed by atoms with Crippen molar-refractivity contribution in [2.45, 2.75) is 0 Å². The van der Waals surface area contributed by atoms with Gasteiger partial charge < -0.3 is 10.2 Å². The third-order valence-electron chi connectivity index (χ3n) is 13.2. The van der Waals surface area contributed by atoms with E-state index in [0.717, 1.165) is 99.7 Å². The molecule has 11 rings (SSSR count). The molecule has 72 heavy (non-hydrogen) atoms. The van der Waals surface area contributed by atoms with Gasteiger partial charge in [0.2, 0.25) is 0 Å². The Bertz CT molecular complexity index is 3690. The van der Waals surface area contributed by atoms with E-state index in [1.807, 2.05) is 170 Å². The predicted octanol–water partition coefficient (Wildman–Crippen LogP) is 16.1. The molecule has 2 N–H and O–H groups in total. The zero-order chi connectivity index (χ0) is 49.0. The summed E-state index contributed by atoms with van der Waals surface area (Å²) in [4.78, 5) is 9.45. The van der Waals surface area contributed by atoms with Crippen LogP contribution in [0.5, 0.6) is 11.5 Å². The van der Waals surface area contributed by atoms with Crippen molar-refractivity contribution in [1.29, 1.82) is 10.5 Å². The maximum absolute atomic E-state index is 10.7. The number of phenolic OH excluding ortho intramolecular Hbond substituents is 2. The summed E-state index contributed by atoms with van der Waals surface area (Å²) in [5.41, 5.74) is 14.6. The Labute approximate surface area is 417 Å². The van der Waals surface area contributed by atoms with E-state index in [4.69, 9.17) is 9.98 Å². The molecule has 0 aliphatic heterocycles. The molecule has 0 spiro atoms. The van der Waals surface area contributed by atoms with E-state index in [1.54, 1.807) is 24.6 Å². The lowest BCUT2D eigenvalue weighted by molar-refractivity contribution is 0.475. The molecule has 6 heteroatoms. The molecule has 0 fully saturated rings. The molecule has 0 radical (unpaired) electrons. The first kappa shape index (κ1) is 44.4. The highest BCUT2D eigenvalue weighted by molar-refractivity contribution is 6.35. The lowest BCUT2D eigenvalue weighted by Gasteiger charge is -2.15. The molecule has 338 valence electrons. The van der Waals surface area contributed by atoms with Gasteiger partial charge in [-0.05, 0) is 114 Å². The predicted molar refractivity (Wildman–Crippen MR) is 294 cm³/mol. The Balaban J connectivity index is 0.970. The van der Waals surface area contributed by atoms with Gasteiger partial charge in [-0.1, -0.05) is 194 Å². The van der Waals surface area contributed by atoms with Crippen LogP contribution in [0.25, 0.3) is 66.1 Å². The smallest absolute Gasteiger partial charge is 0.138 e. The highest BCUT2D eigenvalue weighted by Crippen LogP contribution is 2.56. The zero-order valence-electron chi connectivity index (χ0n) is 38.8. The quantitative estimate of drug-likeness (QED) is 0.105. The number of aliphatic imine (C=N–C) groups is 2. The molecule has 10 aromatic rings. The summed E-state index contributed by atoms with van der Waals surface area (Å²) in [6.45, 7) is 0. The fourth-order valence-corrected chi connectivity index (χ4v) is 9.63. The number of rotatable bonds is 10. The second-order valence-corrected chi connectivity index (χ2v) is 17.4. The molecule has 0 saturated heterocycles. The molecule has 1 aliphatic rings. The fourth-order valence-electron chi connectivity index (χ4n) is 9.63. The maximum atomic E-state index is 10.7. The molecule has 0 aromatic heterocycles. The lowest BCUT2D eigenvalue weighted by atomic mass is 9.88. The van der Waals surface area contributed by atoms with Crippen molar-refractivity contribution in [3.05, 3.63) is 275 Å². The SMILES string of the molecule is N#CC(C#N)=C1C(c2ccccc2)=C(c2ccc(-c3ccc(N=Cc4c(O)ccc5ccccc45)cc3)cc2)C(c2ccc(-c3ccc(N=Cc4c(O)ccc5ccccc45)cc3)cc2)=C1c1ccccc1. The average molecular weight is 923 g/mol. The van der Waals surface area contributed by atoms with E-state index in [-0.39, 0.29) is 17.1 Å². The van der Waals surface area contributed by atoms with Crippen LogP contribution < -0.4 is 0 Å². The standard InChI is InChI=1S/C66H42N4O2/c67-39-53(40-68)66-62(49-13-3-1-4-14-49)64(51-23-19-43(20-24-51)45-27-33-54(34-28-45)69-41-58-56-17-9-7-11-47(56)31-37-60(58)71)65(63(66)50-15-5-2-6-16-50)52-25-21-44(22-26-52)46-29-35-55(36-30-46)70-42-59-57-18-10-8-12-48(57)32-38-61(59)72/h1-38,41-42,71-72H. The third kappa shape index (κ3) is 8.54. The minimum absolute atomic E-state index is 0.0327. The second-order valence-electron chi connectivity index (χ2n) is 17.4. The van der Waals surface area contributed by atoms with Gasteiger partial charge in [0, 0.05) is 40.3 Å². The average Bonchev–Trinajstić information content (AvgIpc) is 3.79. The minimum atomic E-state index is 0.0327. The first-order chi connectivity index (χ1) is 35.4. The summed E-state index contributed by atoms with van der Waals surface area (Å²) >= 11 is 0. The van der Waals surface area contributed by atoms with Gasteiger partial charge in [-0.15, -0.1) is 0 Å². The second kappa shape index (κ2) is 19.5. The highest BCUT2D eigenvalue weighted by atomic mass is 16.3. The fraction of sp³-hybridized carbons (Fsp3) is 0. The van der Waals surface area contributed by atoms with Gasteiger partial charge in [0.05, 0.1) is 11.4 Å². The summed E-state index contributed by atoms with van der Waals surface area (Å²) in [6, 6.07) is 80.5. The Morgan fingerprint density at radius 1 is 0.333 bits per heavy atom. The minimum Gasteiger partial charge on any atom is -0.507 e. The Kier molecular flexibility index (Phi) is 12.0. The van der Waals surface area contributed by atoms with Crippen LogP contribution in [0.1, 0.15) is 33.4 Å². The van der Waals surface area contributed by atoms with Crippen LogP contribution in [-0.4, -0.2) is 22.6 Å². The van der Waals surface area contributed by atoms with Gasteiger partial charge >= 0.3 is 0 Å². The summed E-state index contributed by atoms with van der Waals surface area (Å²) < 4.78 is 0. The number of phenols is 2. The summed E-state index contributed by atoms with van der Waals surface area (Å²) in [5.74, 6) is 0.356. The largest absolute Gasteiger partial charge is 0.507 e. The molecule has 0 bridgehead atoms. The lowest BCUT2D eigenvalue weighted by Crippen LogP contribution is -1.96. The topological polar surface area (TPSA) is 113 Å². The summed E-state index contributed by atoms with van der Waals surface area (Å²) in [7, 11) is 0. The van der Waals surface area contributed by atoms with E-state index in [2.05, 4.69) is 60.7 Å². The van der Waals surface area contributed by atoms with E-state index >= 15 is 0 Å². The molecule has 0 amide bonds. The van der Waals surface area contributed by atoms with Crippen molar-refractivity contribution in [2.24, 2.45) is 9.98 Å². The van der Waals surface area contributed by atoms with Crippen LogP contribution >= 0.6 is 0 Å². The number of fused-ring (bicyclic) bond motifs is 2. The van der Waals surface area contributed by atoms with Gasteiger partial charge in [-0.25, -0.2) is 0 Å². The summed E-state index contributed by atoms with van der Waals surface area (Å²) in [6.07, 6.45) is 3.43. The van der Waals surface area contributed by atoms with Crippen molar-refractivity contribution in [2.75, 3.05) is 0 Å². The molecule has 0 unspecified atom stereocenters. The number of nitriles is 2. The van der Waals surface area contributed by atoms with Gasteiger partial charge in [0.1, 0.15) is 29.2 Å². The number of hydrogen-bond donors (Lipinski definition) is 2. The monoisotopic (exact) mass is 922 g/mol. The number of nitrogens with zero attached hydrogens (tertiary/aromatic N) is 4. The van der Waals surface area contributed by atoms with Gasteiger partial charge in [0.25, 0.3) is 0 Å². The van der Waals surface area contributed by atoms with Crippen molar-refractivity contribution in [1.82, 2.24) is 0 Å². The molecule has 10 aromatic carbocycles. The Hall–Kier alpha value is -10.1. The first-order valence-electron chi connectivity index (χ1n) is 23.5. The zero-order valence-corrected chi connectivity index (χ0v) is 38.8. The summed E-state index contributed by atoms with van der Waals surface area (Å²) in [5, 5.41) is 46.6. The van der Waals surface area contributed by atoms with E-state index in [9.17, 15) is 20.7 Å². The van der Waals surface area contributed by atoms with E-state index in [0.29, 0.717) is 16.7 Å². The third-order valence-corrected chi connectivity index (χ3v) is 13.2. The molecular formula is C66H42N4O2. The Morgan fingerprint density at radius 3 is 1.03 bits per heavy atom. The molecule has 0 atom stereocenters. The highest BCUT2D eigenvalue weighted by Gasteiger charge is 2.35. The maximum Gasteiger partial charge on any atom is 0.138 e.